The third-order valence-corrected chi connectivity index (χ3v) is 4.93. The Labute approximate surface area is 165 Å². The monoisotopic (exact) mass is 384 g/mol. The van der Waals surface area contributed by atoms with Crippen LogP contribution in [0.15, 0.2) is 30.3 Å². The molecule has 0 aliphatic rings. The topological polar surface area (TPSA) is 88.3 Å². The van der Waals surface area contributed by atoms with E-state index in [2.05, 4.69) is 17.2 Å². The maximum atomic E-state index is 12.4. The van der Waals surface area contributed by atoms with E-state index in [1.807, 2.05) is 30.3 Å². The summed E-state index contributed by atoms with van der Waals surface area (Å²) in [5.41, 5.74) is 3.00. The number of amides is 1. The number of hydrogen-bond acceptors (Lipinski definition) is 4. The number of esters is 1. The number of aromatic amines is 1. The largest absolute Gasteiger partial charge is 0.448 e. The minimum atomic E-state index is -0.940. The summed E-state index contributed by atoms with van der Waals surface area (Å²) in [5.74, 6) is -0.927. The van der Waals surface area contributed by atoms with Gasteiger partial charge in [0.15, 0.2) is 11.9 Å². The fourth-order valence-electron chi connectivity index (χ4n) is 3.35. The minimum absolute atomic E-state index is 0.123. The molecule has 0 aliphatic heterocycles. The summed E-state index contributed by atoms with van der Waals surface area (Å²) in [4.78, 5) is 39.4. The number of rotatable bonds is 8. The fraction of sp³-hybridized carbons (Fsp3) is 0.409. The van der Waals surface area contributed by atoms with Crippen LogP contribution in [0.1, 0.15) is 70.8 Å². The van der Waals surface area contributed by atoms with Crippen molar-refractivity contribution < 1.29 is 19.1 Å². The Morgan fingerprint density at radius 1 is 1.14 bits per heavy atom. The molecule has 0 radical (unpaired) electrons. The second kappa shape index (κ2) is 9.35. The van der Waals surface area contributed by atoms with Crippen LogP contribution in [0.4, 0.5) is 0 Å². The fourth-order valence-corrected chi connectivity index (χ4v) is 3.35. The molecule has 1 aromatic heterocycles. The lowest BCUT2D eigenvalue weighted by Gasteiger charge is -2.18. The zero-order valence-electron chi connectivity index (χ0n) is 17.1. The van der Waals surface area contributed by atoms with Crippen molar-refractivity contribution in [2.45, 2.75) is 53.1 Å². The maximum Gasteiger partial charge on any atom is 0.355 e. The van der Waals surface area contributed by atoms with Crippen LogP contribution in [0.3, 0.4) is 0 Å². The molecule has 2 N–H and O–H groups in total. The lowest BCUT2D eigenvalue weighted by Crippen LogP contribution is -2.38. The molecule has 2 atom stereocenters. The number of aromatic nitrogens is 1. The number of ether oxygens (including phenoxy) is 1. The molecule has 2 rings (SSSR count). The Balaban J connectivity index is 1.98. The van der Waals surface area contributed by atoms with E-state index in [0.717, 1.165) is 12.0 Å². The van der Waals surface area contributed by atoms with Gasteiger partial charge in [-0.15, -0.1) is 0 Å². The molecule has 0 saturated carbocycles. The first-order chi connectivity index (χ1) is 13.3. The molecule has 0 saturated heterocycles. The van der Waals surface area contributed by atoms with E-state index >= 15 is 0 Å². The van der Waals surface area contributed by atoms with Gasteiger partial charge in [-0.1, -0.05) is 37.3 Å². The van der Waals surface area contributed by atoms with Crippen LogP contribution in [-0.4, -0.2) is 35.3 Å². The van der Waals surface area contributed by atoms with E-state index in [0.29, 0.717) is 23.4 Å². The van der Waals surface area contributed by atoms with Crippen molar-refractivity contribution in [3.63, 3.8) is 0 Å². The number of ketones is 1. The van der Waals surface area contributed by atoms with Crippen LogP contribution in [0.5, 0.6) is 0 Å². The van der Waals surface area contributed by atoms with Crippen molar-refractivity contribution in [2.24, 2.45) is 0 Å². The molecule has 6 nitrogen and oxygen atoms in total. The number of H-pyrrole nitrogens is 1. The standard InChI is InChI=1S/C22H28N2O4/c1-6-17(18-10-8-7-9-11-18)12-23-21(26)16(5)28-22(27)20-13(2)19(15(4)25)14(3)24-20/h7-11,16-17,24H,6,12H2,1-5H3,(H,23,26)/t16-,17+/m0/s1. The quantitative estimate of drug-likeness (QED) is 0.537. The number of hydrogen-bond donors (Lipinski definition) is 2. The van der Waals surface area contributed by atoms with Gasteiger partial charge in [-0.25, -0.2) is 4.79 Å². The Morgan fingerprint density at radius 3 is 2.32 bits per heavy atom. The Bertz CT molecular complexity index is 855. The van der Waals surface area contributed by atoms with Gasteiger partial charge < -0.3 is 15.0 Å². The molecule has 1 aromatic carbocycles. The van der Waals surface area contributed by atoms with Crippen molar-refractivity contribution >= 4 is 17.7 Å². The highest BCUT2D eigenvalue weighted by Crippen LogP contribution is 2.20. The first-order valence-corrected chi connectivity index (χ1v) is 9.49. The molecule has 0 bridgehead atoms. The number of aryl methyl sites for hydroxylation is 1. The first-order valence-electron chi connectivity index (χ1n) is 9.49. The summed E-state index contributed by atoms with van der Waals surface area (Å²) in [6, 6.07) is 9.97. The van der Waals surface area contributed by atoms with Gasteiger partial charge in [-0.3, -0.25) is 9.59 Å². The third kappa shape index (κ3) is 4.88. The highest BCUT2D eigenvalue weighted by molar-refractivity contribution is 6.01. The number of carbonyl (C=O) groups is 3. The van der Waals surface area contributed by atoms with Crippen LogP contribution in [0, 0.1) is 13.8 Å². The van der Waals surface area contributed by atoms with Gasteiger partial charge in [0, 0.05) is 23.7 Å². The zero-order chi connectivity index (χ0) is 20.8. The summed E-state index contributed by atoms with van der Waals surface area (Å²) in [5, 5.41) is 2.86. The Morgan fingerprint density at radius 2 is 1.79 bits per heavy atom. The summed E-state index contributed by atoms with van der Waals surface area (Å²) in [6.45, 7) is 8.93. The van der Waals surface area contributed by atoms with Gasteiger partial charge in [0.1, 0.15) is 5.69 Å². The molecule has 28 heavy (non-hydrogen) atoms. The normalized spacial score (nSPS) is 12.9. The van der Waals surface area contributed by atoms with Crippen LogP contribution in [-0.2, 0) is 9.53 Å². The summed E-state index contributed by atoms with van der Waals surface area (Å²) in [6.07, 6.45) is -0.0580. The van der Waals surface area contributed by atoms with Crippen molar-refractivity contribution in [1.82, 2.24) is 10.3 Å². The highest BCUT2D eigenvalue weighted by atomic mass is 16.5. The van der Waals surface area contributed by atoms with Crippen LogP contribution < -0.4 is 5.32 Å². The zero-order valence-corrected chi connectivity index (χ0v) is 17.1. The van der Waals surface area contributed by atoms with E-state index in [4.69, 9.17) is 4.74 Å². The average Bonchev–Trinajstić information content (AvgIpc) is 2.97. The molecule has 1 amide bonds. The van der Waals surface area contributed by atoms with E-state index in [-0.39, 0.29) is 23.3 Å². The van der Waals surface area contributed by atoms with Gasteiger partial charge >= 0.3 is 5.97 Å². The van der Waals surface area contributed by atoms with E-state index < -0.39 is 12.1 Å². The van der Waals surface area contributed by atoms with Gasteiger partial charge in [0.25, 0.3) is 5.91 Å². The van der Waals surface area contributed by atoms with Gasteiger partial charge in [0.05, 0.1) is 0 Å². The van der Waals surface area contributed by atoms with Crippen LogP contribution in [0.2, 0.25) is 0 Å². The molecular formula is C22H28N2O4. The molecule has 0 aliphatic carbocycles. The lowest BCUT2D eigenvalue weighted by molar-refractivity contribution is -0.129. The lowest BCUT2D eigenvalue weighted by atomic mass is 9.96. The average molecular weight is 384 g/mol. The maximum absolute atomic E-state index is 12.4. The third-order valence-electron chi connectivity index (χ3n) is 4.93. The van der Waals surface area contributed by atoms with E-state index in [1.165, 1.54) is 13.8 Å². The molecule has 0 fully saturated rings. The molecule has 0 unspecified atom stereocenters. The smallest absolute Gasteiger partial charge is 0.355 e. The van der Waals surface area contributed by atoms with Gasteiger partial charge in [-0.2, -0.15) is 0 Å². The van der Waals surface area contributed by atoms with Crippen molar-refractivity contribution in [1.29, 1.82) is 0 Å². The Hall–Kier alpha value is -2.89. The van der Waals surface area contributed by atoms with Crippen LogP contribution in [0.25, 0.3) is 0 Å². The summed E-state index contributed by atoms with van der Waals surface area (Å²) >= 11 is 0. The predicted molar refractivity (Wildman–Crippen MR) is 108 cm³/mol. The minimum Gasteiger partial charge on any atom is -0.448 e. The summed E-state index contributed by atoms with van der Waals surface area (Å²) < 4.78 is 5.31. The number of benzene rings is 1. The number of carbonyl (C=O) groups excluding carboxylic acids is 3. The Kier molecular flexibility index (Phi) is 7.15. The molecule has 1 heterocycles. The van der Waals surface area contributed by atoms with E-state index in [9.17, 15) is 14.4 Å². The van der Waals surface area contributed by atoms with Crippen molar-refractivity contribution in [3.8, 4) is 0 Å². The van der Waals surface area contributed by atoms with Crippen molar-refractivity contribution in [2.75, 3.05) is 6.54 Å². The molecule has 2 aromatic rings. The number of nitrogens with one attached hydrogen (secondary N) is 2. The van der Waals surface area contributed by atoms with Crippen LogP contribution >= 0.6 is 0 Å². The molecule has 0 spiro atoms. The second-order valence-corrected chi connectivity index (χ2v) is 6.99. The SMILES string of the molecule is CC[C@H](CNC(=O)[C@H](C)OC(=O)c1[nH]c(C)c(C(C)=O)c1C)c1ccccc1. The summed E-state index contributed by atoms with van der Waals surface area (Å²) in [7, 11) is 0. The molecule has 150 valence electrons. The van der Waals surface area contributed by atoms with Gasteiger partial charge in [-0.05, 0) is 45.2 Å². The molecular weight excluding hydrogens is 356 g/mol. The van der Waals surface area contributed by atoms with E-state index in [1.54, 1.807) is 13.8 Å². The second-order valence-electron chi connectivity index (χ2n) is 6.99. The first kappa shape index (κ1) is 21.4. The number of Topliss-reactive ketones (excluding diaryl/α,β-unsaturated/α-hetero) is 1. The van der Waals surface area contributed by atoms with Crippen molar-refractivity contribution in [3.05, 3.63) is 58.4 Å². The van der Waals surface area contributed by atoms with Gasteiger partial charge in [0.2, 0.25) is 0 Å². The highest BCUT2D eigenvalue weighted by Gasteiger charge is 2.25. The predicted octanol–water partition coefficient (Wildman–Crippen LogP) is 3.69. The molecule has 6 heteroatoms.